The molecule has 0 aromatic carbocycles. The first-order valence-electron chi connectivity index (χ1n) is 4.11. The van der Waals surface area contributed by atoms with Gasteiger partial charge in [0.1, 0.15) is 5.69 Å². The third kappa shape index (κ3) is 1.98. The first-order chi connectivity index (χ1) is 7.07. The van der Waals surface area contributed by atoms with Crippen molar-refractivity contribution < 1.29 is 13.2 Å². The fraction of sp³-hybridized carbons (Fsp3) is 0.111. The van der Waals surface area contributed by atoms with E-state index in [1.807, 2.05) is 0 Å². The number of hydrogen-bond acceptors (Lipinski definition) is 2. The molecule has 2 rings (SSSR count). The van der Waals surface area contributed by atoms with Crippen LogP contribution in [0.25, 0.3) is 11.3 Å². The molecule has 0 aliphatic heterocycles. The summed E-state index contributed by atoms with van der Waals surface area (Å²) in [6.07, 6.45) is -1.66. The summed E-state index contributed by atoms with van der Waals surface area (Å²) in [4.78, 5) is 3.33. The minimum absolute atomic E-state index is 0.546. The molecule has 2 aromatic heterocycles. The summed E-state index contributed by atoms with van der Waals surface area (Å²) in [7, 11) is 0. The predicted octanol–water partition coefficient (Wildman–Crippen LogP) is 2.49. The van der Waals surface area contributed by atoms with Crippen LogP contribution in [-0.2, 0) is 6.18 Å². The minimum atomic E-state index is -4.40. The van der Waals surface area contributed by atoms with Gasteiger partial charge in [-0.25, -0.2) is 0 Å². The highest BCUT2D eigenvalue weighted by Crippen LogP contribution is 2.28. The van der Waals surface area contributed by atoms with Crippen molar-refractivity contribution in [1.29, 1.82) is 0 Å². The van der Waals surface area contributed by atoms with Crippen LogP contribution in [-0.4, -0.2) is 15.2 Å². The lowest BCUT2D eigenvalue weighted by molar-refractivity contribution is -0.141. The maximum atomic E-state index is 12.2. The first-order valence-corrected chi connectivity index (χ1v) is 4.11. The molecule has 0 atom stereocenters. The number of H-pyrrole nitrogens is 1. The Morgan fingerprint density at radius 3 is 2.40 bits per heavy atom. The van der Waals surface area contributed by atoms with Crippen LogP contribution in [0.4, 0.5) is 13.2 Å². The average Bonchev–Trinajstić information content (AvgIpc) is 2.69. The SMILES string of the molecule is FC(F)(F)c1ccc(-c2cc[nH]n2)cn1. The number of pyridine rings is 1. The summed E-state index contributed by atoms with van der Waals surface area (Å²) < 4.78 is 36.5. The van der Waals surface area contributed by atoms with Gasteiger partial charge in [0, 0.05) is 18.0 Å². The zero-order valence-corrected chi connectivity index (χ0v) is 7.42. The molecule has 0 aliphatic rings. The number of alkyl halides is 3. The number of nitrogens with zero attached hydrogens (tertiary/aromatic N) is 2. The molecule has 0 spiro atoms. The van der Waals surface area contributed by atoms with E-state index in [0.717, 1.165) is 12.3 Å². The smallest absolute Gasteiger partial charge is 0.285 e. The Morgan fingerprint density at radius 1 is 1.13 bits per heavy atom. The second-order valence-electron chi connectivity index (χ2n) is 2.89. The Balaban J connectivity index is 2.33. The highest BCUT2D eigenvalue weighted by atomic mass is 19.4. The molecule has 15 heavy (non-hydrogen) atoms. The lowest BCUT2D eigenvalue weighted by Crippen LogP contribution is -2.07. The fourth-order valence-corrected chi connectivity index (χ4v) is 1.13. The molecular weight excluding hydrogens is 207 g/mol. The van der Waals surface area contributed by atoms with Gasteiger partial charge in [0.05, 0.1) is 5.69 Å². The van der Waals surface area contributed by atoms with E-state index in [9.17, 15) is 13.2 Å². The molecule has 0 radical (unpaired) electrons. The van der Waals surface area contributed by atoms with Gasteiger partial charge in [0.2, 0.25) is 0 Å². The highest BCUT2D eigenvalue weighted by molar-refractivity contribution is 5.57. The van der Waals surface area contributed by atoms with E-state index in [1.165, 1.54) is 6.07 Å². The van der Waals surface area contributed by atoms with Crippen LogP contribution in [0.2, 0.25) is 0 Å². The number of rotatable bonds is 1. The Morgan fingerprint density at radius 2 is 1.93 bits per heavy atom. The normalized spacial score (nSPS) is 11.7. The standard InChI is InChI=1S/C9H6F3N3/c10-9(11,12)8-2-1-6(5-13-8)7-3-4-14-15-7/h1-5H,(H,14,15). The Labute approximate surface area is 83.0 Å². The van der Waals surface area contributed by atoms with E-state index in [-0.39, 0.29) is 0 Å². The van der Waals surface area contributed by atoms with Crippen molar-refractivity contribution in [2.75, 3.05) is 0 Å². The number of aromatic nitrogens is 3. The molecular formula is C9H6F3N3. The van der Waals surface area contributed by atoms with E-state index in [1.54, 1.807) is 12.3 Å². The van der Waals surface area contributed by atoms with Crippen LogP contribution in [0, 0.1) is 0 Å². The number of aromatic amines is 1. The topological polar surface area (TPSA) is 41.6 Å². The van der Waals surface area contributed by atoms with Gasteiger partial charge in [0.15, 0.2) is 0 Å². The molecule has 0 bridgehead atoms. The summed E-state index contributed by atoms with van der Waals surface area (Å²) in [6.45, 7) is 0. The van der Waals surface area contributed by atoms with Crippen LogP contribution < -0.4 is 0 Å². The van der Waals surface area contributed by atoms with Crippen molar-refractivity contribution in [3.05, 3.63) is 36.3 Å². The molecule has 0 saturated heterocycles. The Bertz CT molecular complexity index is 431. The molecule has 0 amide bonds. The molecule has 1 N–H and O–H groups in total. The van der Waals surface area contributed by atoms with Crippen molar-refractivity contribution in [2.24, 2.45) is 0 Å². The average molecular weight is 213 g/mol. The van der Waals surface area contributed by atoms with E-state index >= 15 is 0 Å². The summed E-state index contributed by atoms with van der Waals surface area (Å²) in [5.74, 6) is 0. The maximum Gasteiger partial charge on any atom is 0.433 e. The summed E-state index contributed by atoms with van der Waals surface area (Å²) in [6, 6.07) is 3.93. The monoisotopic (exact) mass is 213 g/mol. The van der Waals surface area contributed by atoms with E-state index in [0.29, 0.717) is 11.3 Å². The quantitative estimate of drug-likeness (QED) is 0.790. The van der Waals surface area contributed by atoms with E-state index < -0.39 is 11.9 Å². The summed E-state index contributed by atoms with van der Waals surface area (Å²) in [5, 5.41) is 6.41. The molecule has 3 nitrogen and oxygen atoms in total. The van der Waals surface area contributed by atoms with Crippen LogP contribution in [0.5, 0.6) is 0 Å². The fourth-order valence-electron chi connectivity index (χ4n) is 1.13. The van der Waals surface area contributed by atoms with Crippen molar-refractivity contribution in [3.63, 3.8) is 0 Å². The lowest BCUT2D eigenvalue weighted by Gasteiger charge is -2.05. The van der Waals surface area contributed by atoms with Gasteiger partial charge in [-0.3, -0.25) is 10.1 Å². The van der Waals surface area contributed by atoms with Crippen LogP contribution >= 0.6 is 0 Å². The van der Waals surface area contributed by atoms with Crippen LogP contribution in [0.3, 0.4) is 0 Å². The Kier molecular flexibility index (Phi) is 2.18. The third-order valence-electron chi connectivity index (χ3n) is 1.85. The molecule has 2 aromatic rings. The van der Waals surface area contributed by atoms with Gasteiger partial charge < -0.3 is 0 Å². The molecule has 6 heteroatoms. The van der Waals surface area contributed by atoms with Crippen LogP contribution in [0.1, 0.15) is 5.69 Å². The molecule has 0 unspecified atom stereocenters. The van der Waals surface area contributed by atoms with Gasteiger partial charge in [-0.1, -0.05) is 0 Å². The number of nitrogens with one attached hydrogen (secondary N) is 1. The van der Waals surface area contributed by atoms with Crippen molar-refractivity contribution >= 4 is 0 Å². The molecule has 2 heterocycles. The minimum Gasteiger partial charge on any atom is -0.285 e. The molecule has 0 aliphatic carbocycles. The van der Waals surface area contributed by atoms with Gasteiger partial charge in [0.25, 0.3) is 0 Å². The largest absolute Gasteiger partial charge is 0.433 e. The second kappa shape index (κ2) is 3.38. The van der Waals surface area contributed by atoms with Crippen LogP contribution in [0.15, 0.2) is 30.6 Å². The molecule has 78 valence electrons. The van der Waals surface area contributed by atoms with E-state index in [4.69, 9.17) is 0 Å². The number of halogens is 3. The van der Waals surface area contributed by atoms with E-state index in [2.05, 4.69) is 15.2 Å². The highest BCUT2D eigenvalue weighted by Gasteiger charge is 2.32. The second-order valence-corrected chi connectivity index (χ2v) is 2.89. The van der Waals surface area contributed by atoms with Gasteiger partial charge in [-0.05, 0) is 18.2 Å². The van der Waals surface area contributed by atoms with Crippen molar-refractivity contribution in [3.8, 4) is 11.3 Å². The van der Waals surface area contributed by atoms with Crippen molar-refractivity contribution in [1.82, 2.24) is 15.2 Å². The Hall–Kier alpha value is -1.85. The molecule has 0 saturated carbocycles. The van der Waals surface area contributed by atoms with Gasteiger partial charge in [-0.2, -0.15) is 18.3 Å². The maximum absolute atomic E-state index is 12.2. The summed E-state index contributed by atoms with van der Waals surface area (Å²) in [5.41, 5.74) is 0.210. The zero-order valence-electron chi connectivity index (χ0n) is 7.42. The van der Waals surface area contributed by atoms with Crippen molar-refractivity contribution in [2.45, 2.75) is 6.18 Å². The number of hydrogen-bond donors (Lipinski definition) is 1. The lowest BCUT2D eigenvalue weighted by atomic mass is 10.2. The first kappa shape index (κ1) is 9.70. The predicted molar refractivity (Wildman–Crippen MR) is 46.8 cm³/mol. The van der Waals surface area contributed by atoms with Gasteiger partial charge in [-0.15, -0.1) is 0 Å². The van der Waals surface area contributed by atoms with Gasteiger partial charge >= 0.3 is 6.18 Å². The summed E-state index contributed by atoms with van der Waals surface area (Å²) >= 11 is 0. The molecule has 0 fully saturated rings. The zero-order chi connectivity index (χ0) is 10.9. The third-order valence-corrected chi connectivity index (χ3v) is 1.85.